The molecule has 38 heavy (non-hydrogen) atoms. The summed E-state index contributed by atoms with van der Waals surface area (Å²) in [5.74, 6) is -0.861. The zero-order valence-corrected chi connectivity index (χ0v) is 24.8. The molecule has 0 spiro atoms. The number of nitrogens with zero attached hydrogens (tertiary/aromatic N) is 2. The van der Waals surface area contributed by atoms with E-state index >= 15 is 0 Å². The molecule has 7 nitrogen and oxygen atoms in total. The predicted octanol–water partition coefficient (Wildman–Crippen LogP) is 5.55. The summed E-state index contributed by atoms with van der Waals surface area (Å²) >= 11 is 9.75. The van der Waals surface area contributed by atoms with Crippen molar-refractivity contribution in [1.82, 2.24) is 10.2 Å². The highest BCUT2D eigenvalue weighted by Gasteiger charge is 2.33. The SMILES string of the molecule is Cc1c(Cl)cccc1N(CC(=O)N(Cc1ccc(Br)cc1)[C@H](C)C(=O)NC(C)C)S(=O)(=O)c1ccccc1. The van der Waals surface area contributed by atoms with Gasteiger partial charge in [-0.05, 0) is 75.2 Å². The zero-order valence-electron chi connectivity index (χ0n) is 21.7. The van der Waals surface area contributed by atoms with Crippen LogP contribution in [0.25, 0.3) is 0 Å². The predicted molar refractivity (Wildman–Crippen MR) is 155 cm³/mol. The highest BCUT2D eigenvalue weighted by atomic mass is 79.9. The lowest BCUT2D eigenvalue weighted by Crippen LogP contribution is -2.52. The smallest absolute Gasteiger partial charge is 0.264 e. The van der Waals surface area contributed by atoms with E-state index in [0.29, 0.717) is 10.6 Å². The van der Waals surface area contributed by atoms with Crippen molar-refractivity contribution >= 4 is 55.1 Å². The van der Waals surface area contributed by atoms with E-state index in [0.717, 1.165) is 14.3 Å². The fourth-order valence-corrected chi connectivity index (χ4v) is 5.80. The Morgan fingerprint density at radius 3 is 2.18 bits per heavy atom. The first kappa shape index (κ1) is 29.7. The molecule has 10 heteroatoms. The van der Waals surface area contributed by atoms with Gasteiger partial charge < -0.3 is 10.2 Å². The summed E-state index contributed by atoms with van der Waals surface area (Å²) in [6, 6.07) is 19.2. The molecule has 0 aliphatic heterocycles. The normalized spacial score (nSPS) is 12.2. The first-order valence-electron chi connectivity index (χ1n) is 12.1. The van der Waals surface area contributed by atoms with Gasteiger partial charge in [-0.25, -0.2) is 8.42 Å². The second kappa shape index (κ2) is 12.8. The Morgan fingerprint density at radius 1 is 0.947 bits per heavy atom. The molecule has 2 amide bonds. The maximum Gasteiger partial charge on any atom is 0.264 e. The number of amides is 2. The highest BCUT2D eigenvalue weighted by molar-refractivity contribution is 9.10. The van der Waals surface area contributed by atoms with Gasteiger partial charge >= 0.3 is 0 Å². The minimum absolute atomic E-state index is 0.0391. The van der Waals surface area contributed by atoms with Crippen molar-refractivity contribution < 1.29 is 18.0 Å². The molecule has 0 fully saturated rings. The second-order valence-electron chi connectivity index (χ2n) is 9.20. The fourth-order valence-electron chi connectivity index (χ4n) is 3.87. The number of sulfonamides is 1. The van der Waals surface area contributed by atoms with E-state index < -0.39 is 28.5 Å². The molecular weight excluding hydrogens is 590 g/mol. The molecule has 202 valence electrons. The van der Waals surface area contributed by atoms with Crippen LogP contribution in [0.4, 0.5) is 5.69 Å². The molecule has 1 N–H and O–H groups in total. The largest absolute Gasteiger partial charge is 0.352 e. The highest BCUT2D eigenvalue weighted by Crippen LogP contribution is 2.31. The molecule has 3 aromatic carbocycles. The molecule has 1 atom stereocenters. The number of carbonyl (C=O) groups is 2. The van der Waals surface area contributed by atoms with Crippen molar-refractivity contribution in [3.63, 3.8) is 0 Å². The van der Waals surface area contributed by atoms with Crippen molar-refractivity contribution in [2.75, 3.05) is 10.8 Å². The molecule has 0 radical (unpaired) electrons. The Kier molecular flexibility index (Phi) is 9.98. The quantitative estimate of drug-likeness (QED) is 0.322. The number of anilines is 1. The topological polar surface area (TPSA) is 86.8 Å². The van der Waals surface area contributed by atoms with E-state index in [-0.39, 0.29) is 29.1 Å². The maximum atomic E-state index is 13.9. The summed E-state index contributed by atoms with van der Waals surface area (Å²) in [5, 5.41) is 3.22. The van der Waals surface area contributed by atoms with Gasteiger partial charge in [-0.3, -0.25) is 13.9 Å². The summed E-state index contributed by atoms with van der Waals surface area (Å²) in [6.45, 7) is 6.60. The summed E-state index contributed by atoms with van der Waals surface area (Å²) < 4.78 is 29.6. The van der Waals surface area contributed by atoms with Crippen LogP contribution in [0.1, 0.15) is 31.9 Å². The van der Waals surface area contributed by atoms with E-state index in [2.05, 4.69) is 21.2 Å². The van der Waals surface area contributed by atoms with Crippen molar-refractivity contribution in [3.8, 4) is 0 Å². The van der Waals surface area contributed by atoms with Crippen LogP contribution in [0.15, 0.2) is 82.2 Å². The third-order valence-electron chi connectivity index (χ3n) is 5.98. The lowest BCUT2D eigenvalue weighted by Gasteiger charge is -2.32. The molecule has 0 aromatic heterocycles. The van der Waals surface area contributed by atoms with Crippen LogP contribution >= 0.6 is 27.5 Å². The first-order valence-corrected chi connectivity index (χ1v) is 14.7. The van der Waals surface area contributed by atoms with Gasteiger partial charge in [0.15, 0.2) is 0 Å². The maximum absolute atomic E-state index is 13.9. The lowest BCUT2D eigenvalue weighted by molar-refractivity contribution is -0.139. The van der Waals surface area contributed by atoms with Gasteiger partial charge in [0.2, 0.25) is 11.8 Å². The van der Waals surface area contributed by atoms with Crippen LogP contribution in [0.3, 0.4) is 0 Å². The van der Waals surface area contributed by atoms with Gasteiger partial charge in [-0.15, -0.1) is 0 Å². The standard InChI is InChI=1S/C28H31BrClN3O4S/c1-19(2)31-28(35)21(4)32(17-22-13-15-23(29)16-14-22)27(34)18-33(26-12-8-11-25(30)20(26)3)38(36,37)24-9-6-5-7-10-24/h5-16,19,21H,17-18H2,1-4H3,(H,31,35)/t21-/m1/s1. The Hall–Kier alpha value is -2.88. The van der Waals surface area contributed by atoms with Crippen molar-refractivity contribution in [1.29, 1.82) is 0 Å². The summed E-state index contributed by atoms with van der Waals surface area (Å²) in [7, 11) is -4.14. The molecule has 3 rings (SSSR count). The molecule has 0 bridgehead atoms. The van der Waals surface area contributed by atoms with Gasteiger partial charge in [0.05, 0.1) is 10.6 Å². The molecule has 0 aliphatic carbocycles. The van der Waals surface area contributed by atoms with E-state index in [9.17, 15) is 18.0 Å². The number of hydrogen-bond donors (Lipinski definition) is 1. The minimum atomic E-state index is -4.14. The van der Waals surface area contributed by atoms with E-state index in [1.807, 2.05) is 38.1 Å². The number of hydrogen-bond acceptors (Lipinski definition) is 4. The summed E-state index contributed by atoms with van der Waals surface area (Å²) in [4.78, 5) is 28.3. The number of rotatable bonds is 10. The van der Waals surface area contributed by atoms with E-state index in [1.54, 1.807) is 50.2 Å². The number of carbonyl (C=O) groups excluding carboxylic acids is 2. The Morgan fingerprint density at radius 2 is 1.58 bits per heavy atom. The Balaban J connectivity index is 2.06. The van der Waals surface area contributed by atoms with Gasteiger partial charge in [0.1, 0.15) is 12.6 Å². The molecule has 0 aliphatic rings. The Bertz CT molecular complexity index is 1380. The molecule has 0 unspecified atom stereocenters. The minimum Gasteiger partial charge on any atom is -0.352 e. The van der Waals surface area contributed by atoms with Gasteiger partial charge in [-0.1, -0.05) is 63.9 Å². The second-order valence-corrected chi connectivity index (χ2v) is 12.4. The third kappa shape index (κ3) is 7.15. The first-order chi connectivity index (χ1) is 17.9. The monoisotopic (exact) mass is 619 g/mol. The van der Waals surface area contributed by atoms with Crippen LogP contribution in [-0.2, 0) is 26.2 Å². The molecular formula is C28H31BrClN3O4S. The molecule has 3 aromatic rings. The van der Waals surface area contributed by atoms with Gasteiger partial charge in [0, 0.05) is 22.1 Å². The Labute approximate surface area is 238 Å². The molecule has 0 heterocycles. The zero-order chi connectivity index (χ0) is 28.0. The van der Waals surface area contributed by atoms with Gasteiger partial charge in [0.25, 0.3) is 10.0 Å². The number of nitrogens with one attached hydrogen (secondary N) is 1. The van der Waals surface area contributed by atoms with Crippen LogP contribution < -0.4 is 9.62 Å². The van der Waals surface area contributed by atoms with Crippen LogP contribution in [0.5, 0.6) is 0 Å². The number of halogens is 2. The third-order valence-corrected chi connectivity index (χ3v) is 8.69. The fraction of sp³-hybridized carbons (Fsp3) is 0.286. The van der Waals surface area contributed by atoms with E-state index in [4.69, 9.17) is 11.6 Å². The van der Waals surface area contributed by atoms with Crippen molar-refractivity contribution in [2.24, 2.45) is 0 Å². The summed E-state index contributed by atoms with van der Waals surface area (Å²) in [5.41, 5.74) is 1.60. The van der Waals surface area contributed by atoms with Crippen LogP contribution in [0, 0.1) is 6.92 Å². The van der Waals surface area contributed by atoms with Crippen molar-refractivity contribution in [2.45, 2.75) is 51.2 Å². The lowest BCUT2D eigenvalue weighted by atomic mass is 10.1. The molecule has 0 saturated carbocycles. The van der Waals surface area contributed by atoms with E-state index in [1.165, 1.54) is 17.0 Å². The average Bonchev–Trinajstić information content (AvgIpc) is 2.88. The average molecular weight is 621 g/mol. The van der Waals surface area contributed by atoms with Crippen molar-refractivity contribution in [3.05, 3.63) is 93.4 Å². The van der Waals surface area contributed by atoms with Gasteiger partial charge in [-0.2, -0.15) is 0 Å². The molecule has 0 saturated heterocycles. The van der Waals surface area contributed by atoms with Crippen LogP contribution in [-0.4, -0.2) is 43.8 Å². The summed E-state index contributed by atoms with van der Waals surface area (Å²) in [6.07, 6.45) is 0. The number of benzene rings is 3. The van der Waals surface area contributed by atoms with Crippen LogP contribution in [0.2, 0.25) is 5.02 Å².